The van der Waals surface area contributed by atoms with Crippen molar-refractivity contribution in [2.75, 3.05) is 30.9 Å². The monoisotopic (exact) mass is 262 g/mol. The normalized spacial score (nSPS) is 18.6. The van der Waals surface area contributed by atoms with Gasteiger partial charge in [-0.3, -0.25) is 0 Å². The predicted octanol–water partition coefficient (Wildman–Crippen LogP) is 2.90. The minimum Gasteiger partial charge on any atom is -0.379 e. The summed E-state index contributed by atoms with van der Waals surface area (Å²) in [7, 11) is 2.05. The largest absolute Gasteiger partial charge is 0.379 e. The lowest BCUT2D eigenvalue weighted by molar-refractivity contribution is 0.193. The molecule has 1 heterocycles. The average molecular weight is 262 g/mol. The highest BCUT2D eigenvalue weighted by Gasteiger charge is 2.23. The van der Waals surface area contributed by atoms with Crippen LogP contribution in [-0.2, 0) is 4.74 Å². The Labute approximate surface area is 113 Å². The fourth-order valence-corrected chi connectivity index (χ4v) is 3.01. The molecule has 1 unspecified atom stereocenters. The van der Waals surface area contributed by atoms with Crippen LogP contribution in [0.2, 0.25) is 0 Å². The Balaban J connectivity index is 2.31. The Hall–Kier alpha value is -1.18. The van der Waals surface area contributed by atoms with E-state index in [9.17, 15) is 5.26 Å². The summed E-state index contributed by atoms with van der Waals surface area (Å²) in [4.78, 5) is 3.26. The standard InChI is InChI=1S/C14H18N2OS/c1-3-18-14-6-4-5-13(12(14)9-15)16(2)11-7-8-17-10-11/h4-6,11H,3,7-8,10H2,1-2H3. The number of rotatable bonds is 4. The van der Waals surface area contributed by atoms with Crippen LogP contribution >= 0.6 is 11.8 Å². The molecule has 96 valence electrons. The smallest absolute Gasteiger partial charge is 0.103 e. The van der Waals surface area contributed by atoms with Gasteiger partial charge in [0.15, 0.2) is 0 Å². The molecule has 1 aliphatic heterocycles. The fraction of sp³-hybridized carbons (Fsp3) is 0.500. The third-order valence-electron chi connectivity index (χ3n) is 3.25. The summed E-state index contributed by atoms with van der Waals surface area (Å²) in [6.07, 6.45) is 1.03. The number of hydrogen-bond donors (Lipinski definition) is 0. The van der Waals surface area contributed by atoms with E-state index in [1.807, 2.05) is 18.2 Å². The molecule has 0 radical (unpaired) electrons. The van der Waals surface area contributed by atoms with Crippen LogP contribution in [0.1, 0.15) is 18.9 Å². The summed E-state index contributed by atoms with van der Waals surface area (Å²) in [5.74, 6) is 0.981. The van der Waals surface area contributed by atoms with Crippen LogP contribution in [0.15, 0.2) is 23.1 Å². The highest BCUT2D eigenvalue weighted by atomic mass is 32.2. The number of likely N-dealkylation sites (N-methyl/N-ethyl adjacent to an activating group) is 1. The zero-order valence-corrected chi connectivity index (χ0v) is 11.7. The van der Waals surface area contributed by atoms with E-state index in [2.05, 4.69) is 24.9 Å². The second kappa shape index (κ2) is 6.12. The minimum absolute atomic E-state index is 0.388. The lowest BCUT2D eigenvalue weighted by Crippen LogP contribution is -2.32. The number of nitrogens with zero attached hydrogens (tertiary/aromatic N) is 2. The van der Waals surface area contributed by atoms with Crippen molar-refractivity contribution >= 4 is 17.4 Å². The molecule has 0 amide bonds. The second-order valence-electron chi connectivity index (χ2n) is 4.32. The van der Waals surface area contributed by atoms with Gasteiger partial charge in [0.25, 0.3) is 0 Å². The van der Waals surface area contributed by atoms with Crippen molar-refractivity contribution in [3.8, 4) is 6.07 Å². The molecule has 4 heteroatoms. The van der Waals surface area contributed by atoms with E-state index in [4.69, 9.17) is 4.74 Å². The predicted molar refractivity (Wildman–Crippen MR) is 75.2 cm³/mol. The van der Waals surface area contributed by atoms with Gasteiger partial charge in [0.1, 0.15) is 6.07 Å². The summed E-state index contributed by atoms with van der Waals surface area (Å²) in [5.41, 5.74) is 1.81. The Morgan fingerprint density at radius 2 is 2.39 bits per heavy atom. The summed E-state index contributed by atoms with van der Waals surface area (Å²) in [6.45, 7) is 3.68. The van der Waals surface area contributed by atoms with Gasteiger partial charge in [-0.15, -0.1) is 11.8 Å². The molecule has 1 aromatic rings. The van der Waals surface area contributed by atoms with E-state index < -0.39 is 0 Å². The fourth-order valence-electron chi connectivity index (χ4n) is 2.23. The molecule has 1 atom stereocenters. The second-order valence-corrected chi connectivity index (χ2v) is 5.63. The molecule has 18 heavy (non-hydrogen) atoms. The van der Waals surface area contributed by atoms with E-state index in [0.29, 0.717) is 6.04 Å². The first-order valence-electron chi connectivity index (χ1n) is 6.24. The molecule has 0 saturated carbocycles. The highest BCUT2D eigenvalue weighted by molar-refractivity contribution is 7.99. The molecule has 3 nitrogen and oxygen atoms in total. The summed E-state index contributed by atoms with van der Waals surface area (Å²) < 4.78 is 5.42. The summed E-state index contributed by atoms with van der Waals surface area (Å²) in [6, 6.07) is 8.81. The van der Waals surface area contributed by atoms with Gasteiger partial charge in [0.05, 0.1) is 23.9 Å². The van der Waals surface area contributed by atoms with Crippen molar-refractivity contribution in [2.24, 2.45) is 0 Å². The van der Waals surface area contributed by atoms with Crippen LogP contribution in [0, 0.1) is 11.3 Å². The maximum Gasteiger partial charge on any atom is 0.103 e. The first kappa shape index (κ1) is 13.3. The molecule has 1 fully saturated rings. The van der Waals surface area contributed by atoms with E-state index >= 15 is 0 Å². The number of nitriles is 1. The van der Waals surface area contributed by atoms with Gasteiger partial charge in [-0.1, -0.05) is 13.0 Å². The van der Waals surface area contributed by atoms with Crippen LogP contribution in [0.5, 0.6) is 0 Å². The molecule has 0 aliphatic carbocycles. The van der Waals surface area contributed by atoms with Gasteiger partial charge in [0.2, 0.25) is 0 Å². The molecule has 0 aromatic heterocycles. The number of ether oxygens (including phenoxy) is 1. The van der Waals surface area contributed by atoms with E-state index in [0.717, 1.165) is 41.5 Å². The van der Waals surface area contributed by atoms with E-state index in [-0.39, 0.29) is 0 Å². The van der Waals surface area contributed by atoms with Gasteiger partial charge in [-0.25, -0.2) is 0 Å². The Morgan fingerprint density at radius 1 is 1.56 bits per heavy atom. The van der Waals surface area contributed by atoms with Gasteiger partial charge in [-0.2, -0.15) is 5.26 Å². The quantitative estimate of drug-likeness (QED) is 0.782. The maximum absolute atomic E-state index is 9.40. The third kappa shape index (κ3) is 2.63. The van der Waals surface area contributed by atoms with Gasteiger partial charge in [0, 0.05) is 18.6 Å². The van der Waals surface area contributed by atoms with Crippen molar-refractivity contribution in [3.05, 3.63) is 23.8 Å². The molecule has 0 spiro atoms. The van der Waals surface area contributed by atoms with Gasteiger partial charge < -0.3 is 9.64 Å². The lowest BCUT2D eigenvalue weighted by atomic mass is 10.1. The topological polar surface area (TPSA) is 36.3 Å². The van der Waals surface area contributed by atoms with Gasteiger partial charge >= 0.3 is 0 Å². The van der Waals surface area contributed by atoms with Crippen LogP contribution in [0.3, 0.4) is 0 Å². The maximum atomic E-state index is 9.40. The molecule has 1 aromatic carbocycles. The van der Waals surface area contributed by atoms with Crippen molar-refractivity contribution in [3.63, 3.8) is 0 Å². The first-order chi connectivity index (χ1) is 8.77. The Bertz CT molecular complexity index is 450. The van der Waals surface area contributed by atoms with Crippen molar-refractivity contribution in [1.82, 2.24) is 0 Å². The average Bonchev–Trinajstić information content (AvgIpc) is 2.92. The lowest BCUT2D eigenvalue weighted by Gasteiger charge is -2.27. The number of anilines is 1. The minimum atomic E-state index is 0.388. The molecule has 1 aliphatic rings. The van der Waals surface area contributed by atoms with Crippen LogP contribution in [0.4, 0.5) is 5.69 Å². The SMILES string of the molecule is CCSc1cccc(N(C)C2CCOC2)c1C#N. The van der Waals surface area contributed by atoms with Crippen molar-refractivity contribution < 1.29 is 4.74 Å². The summed E-state index contributed by atoms with van der Waals surface area (Å²) in [5, 5.41) is 9.40. The Kier molecular flexibility index (Phi) is 4.51. The first-order valence-corrected chi connectivity index (χ1v) is 7.23. The van der Waals surface area contributed by atoms with Crippen LogP contribution in [0.25, 0.3) is 0 Å². The van der Waals surface area contributed by atoms with Crippen LogP contribution < -0.4 is 4.90 Å². The highest BCUT2D eigenvalue weighted by Crippen LogP contribution is 2.31. The van der Waals surface area contributed by atoms with Crippen molar-refractivity contribution in [1.29, 1.82) is 5.26 Å². The number of thioether (sulfide) groups is 1. The molecule has 1 saturated heterocycles. The third-order valence-corrected chi connectivity index (χ3v) is 4.19. The molecule has 0 bridgehead atoms. The van der Waals surface area contributed by atoms with E-state index in [1.165, 1.54) is 0 Å². The molecule has 2 rings (SSSR count). The zero-order chi connectivity index (χ0) is 13.0. The van der Waals surface area contributed by atoms with Crippen molar-refractivity contribution in [2.45, 2.75) is 24.3 Å². The van der Waals surface area contributed by atoms with E-state index in [1.54, 1.807) is 11.8 Å². The zero-order valence-electron chi connectivity index (χ0n) is 10.8. The number of hydrogen-bond acceptors (Lipinski definition) is 4. The molecule has 0 N–H and O–H groups in total. The molecular formula is C14H18N2OS. The van der Waals surface area contributed by atoms with Crippen LogP contribution in [-0.4, -0.2) is 32.1 Å². The summed E-state index contributed by atoms with van der Waals surface area (Å²) >= 11 is 1.72. The van der Waals surface area contributed by atoms with Gasteiger partial charge in [-0.05, 0) is 24.3 Å². The molecular weight excluding hydrogens is 244 g/mol. The Morgan fingerprint density at radius 3 is 3.00 bits per heavy atom. The number of benzene rings is 1.